The van der Waals surface area contributed by atoms with E-state index in [1.807, 2.05) is 26.4 Å². The van der Waals surface area contributed by atoms with Crippen LogP contribution in [0.1, 0.15) is 37.2 Å². The zero-order valence-electron chi connectivity index (χ0n) is 16.0. The second kappa shape index (κ2) is 7.43. The zero-order valence-corrected chi connectivity index (χ0v) is 16.8. The summed E-state index contributed by atoms with van der Waals surface area (Å²) in [6.45, 7) is 0.523. The van der Waals surface area contributed by atoms with Crippen LogP contribution in [-0.4, -0.2) is 59.9 Å². The van der Waals surface area contributed by atoms with Gasteiger partial charge in [0.15, 0.2) is 16.9 Å². The van der Waals surface area contributed by atoms with Crippen LogP contribution in [0, 0.1) is 0 Å². The number of H-pyrrole nitrogens is 1. The molecule has 4 rings (SSSR count). The number of aromatic amines is 1. The molecule has 29 heavy (non-hydrogen) atoms. The van der Waals surface area contributed by atoms with Crippen molar-refractivity contribution in [1.29, 1.82) is 0 Å². The van der Waals surface area contributed by atoms with Gasteiger partial charge in [0.05, 0.1) is 28.8 Å². The first kappa shape index (κ1) is 18.7. The van der Waals surface area contributed by atoms with Crippen LogP contribution in [0.5, 0.6) is 0 Å². The van der Waals surface area contributed by atoms with Crippen molar-refractivity contribution in [2.75, 3.05) is 7.05 Å². The average molecular weight is 410 g/mol. The first-order valence-corrected chi connectivity index (χ1v) is 9.52. The predicted octanol–water partition coefficient (Wildman–Crippen LogP) is 1.60. The molecule has 0 amide bonds. The van der Waals surface area contributed by atoms with Crippen LogP contribution in [0.15, 0.2) is 29.6 Å². The number of carbonyl (C=O) groups excluding carboxylic acids is 2. The molecule has 0 saturated heterocycles. The number of ketones is 1. The van der Waals surface area contributed by atoms with Gasteiger partial charge >= 0.3 is 0 Å². The molecule has 4 aromatic heterocycles. The van der Waals surface area contributed by atoms with E-state index in [2.05, 4.69) is 25.4 Å². The fourth-order valence-electron chi connectivity index (χ4n) is 2.97. The van der Waals surface area contributed by atoms with Crippen molar-refractivity contribution in [3.05, 3.63) is 52.2 Å². The van der Waals surface area contributed by atoms with E-state index >= 15 is 0 Å². The summed E-state index contributed by atoms with van der Waals surface area (Å²) < 4.78 is 4.12. The Hall–Kier alpha value is -3.60. The Bertz CT molecular complexity index is 1210. The van der Waals surface area contributed by atoms with Crippen molar-refractivity contribution in [2.45, 2.75) is 6.54 Å². The number of rotatable bonds is 7. The zero-order chi connectivity index (χ0) is 20.5. The number of nitrogens with one attached hydrogen (secondary N) is 1. The molecule has 148 valence electrons. The Balaban J connectivity index is 1.67. The average Bonchev–Trinajstić information content (AvgIpc) is 3.46. The summed E-state index contributed by atoms with van der Waals surface area (Å²) in [5, 5.41) is 17.3. The summed E-state index contributed by atoms with van der Waals surface area (Å²) >= 11 is 1.22. The second-order valence-corrected chi connectivity index (χ2v) is 7.48. The van der Waals surface area contributed by atoms with E-state index in [1.165, 1.54) is 11.3 Å². The van der Waals surface area contributed by atoms with Crippen molar-refractivity contribution < 1.29 is 9.59 Å². The maximum atomic E-state index is 12.6. The first-order chi connectivity index (χ1) is 14.0. The quantitative estimate of drug-likeness (QED) is 0.214. The van der Waals surface area contributed by atoms with E-state index in [0.29, 0.717) is 34.2 Å². The van der Waals surface area contributed by atoms with Gasteiger partial charge in [-0.2, -0.15) is 15.3 Å². The van der Waals surface area contributed by atoms with Crippen LogP contribution >= 0.6 is 11.3 Å². The number of aldehydes is 1. The molecule has 0 unspecified atom stereocenters. The van der Waals surface area contributed by atoms with Gasteiger partial charge < -0.3 is 4.57 Å². The lowest BCUT2D eigenvalue weighted by Gasteiger charge is -2.10. The fraction of sp³-hybridized carbons (Fsp3) is 0.222. The van der Waals surface area contributed by atoms with Crippen LogP contribution in [0.25, 0.3) is 10.3 Å². The number of hydrazone groups is 1. The lowest BCUT2D eigenvalue weighted by Crippen LogP contribution is -2.12. The number of nitrogens with zero attached hydrogens (tertiary/aromatic N) is 7. The maximum Gasteiger partial charge on any atom is 0.241 e. The Morgan fingerprint density at radius 2 is 2.21 bits per heavy atom. The summed E-state index contributed by atoms with van der Waals surface area (Å²) in [6.07, 6.45) is 5.84. The summed E-state index contributed by atoms with van der Waals surface area (Å²) in [5.74, 6) is -0.268. The van der Waals surface area contributed by atoms with Gasteiger partial charge in [-0.25, -0.2) is 4.98 Å². The molecule has 0 aliphatic rings. The molecule has 4 aromatic rings. The molecule has 1 N–H and O–H groups in total. The third-order valence-electron chi connectivity index (χ3n) is 4.39. The fourth-order valence-corrected chi connectivity index (χ4v) is 4.03. The molecule has 0 radical (unpaired) electrons. The predicted molar refractivity (Wildman–Crippen MR) is 108 cm³/mol. The maximum absolute atomic E-state index is 12.6. The second-order valence-electron chi connectivity index (χ2n) is 6.48. The lowest BCUT2D eigenvalue weighted by atomic mass is 10.3. The molecule has 10 nitrogen and oxygen atoms in total. The number of aryl methyl sites for hydroxylation is 2. The van der Waals surface area contributed by atoms with Gasteiger partial charge in [-0.3, -0.25) is 24.4 Å². The van der Waals surface area contributed by atoms with E-state index in [1.54, 1.807) is 39.8 Å². The van der Waals surface area contributed by atoms with Crippen LogP contribution < -0.4 is 0 Å². The Morgan fingerprint density at radius 3 is 2.86 bits per heavy atom. The lowest BCUT2D eigenvalue weighted by molar-refractivity contribution is 0.103. The SMILES string of the molecule is CN(Cc1ccn(C)n1)/N=C\c1c(C=O)n(C)c2nc(C(=O)c3cc[nH]n3)sc12. The molecule has 11 heteroatoms. The molecule has 0 saturated carbocycles. The van der Waals surface area contributed by atoms with Crippen LogP contribution in [0.3, 0.4) is 0 Å². The molecule has 4 heterocycles. The molecular formula is C18H18N8O2S. The molecule has 0 aliphatic carbocycles. The van der Waals surface area contributed by atoms with Crippen molar-refractivity contribution >= 4 is 40.0 Å². The van der Waals surface area contributed by atoms with Gasteiger partial charge in [-0.1, -0.05) is 0 Å². The summed E-state index contributed by atoms with van der Waals surface area (Å²) in [6, 6.07) is 3.51. The highest BCUT2D eigenvalue weighted by atomic mass is 32.1. The summed E-state index contributed by atoms with van der Waals surface area (Å²) in [7, 11) is 5.42. The standard InChI is InChI=1S/C18H18N8O2S/c1-24-7-5-11(23-24)9-25(2)20-8-12-14(10-27)26(3)17-16(12)29-18(21-17)15(28)13-4-6-19-22-13/h4-8,10H,9H2,1-3H3,(H,19,22)/b20-8-. The van der Waals surface area contributed by atoms with Gasteiger partial charge in [-0.15, -0.1) is 11.3 Å². The molecule has 0 fully saturated rings. The molecule has 0 atom stereocenters. The smallest absolute Gasteiger partial charge is 0.241 e. The molecule has 0 aromatic carbocycles. The van der Waals surface area contributed by atoms with Crippen molar-refractivity contribution in [2.24, 2.45) is 19.2 Å². The van der Waals surface area contributed by atoms with Crippen LogP contribution in [0.2, 0.25) is 0 Å². The highest BCUT2D eigenvalue weighted by Gasteiger charge is 2.22. The van der Waals surface area contributed by atoms with Gasteiger partial charge in [0.2, 0.25) is 5.78 Å². The third-order valence-corrected chi connectivity index (χ3v) is 5.47. The Labute approximate surface area is 169 Å². The Kier molecular flexibility index (Phi) is 4.80. The normalized spacial score (nSPS) is 11.6. The number of fused-ring (bicyclic) bond motifs is 1. The van der Waals surface area contributed by atoms with Gasteiger partial charge in [0.1, 0.15) is 5.69 Å². The van der Waals surface area contributed by atoms with E-state index in [4.69, 9.17) is 0 Å². The minimum absolute atomic E-state index is 0.268. The highest BCUT2D eigenvalue weighted by Crippen LogP contribution is 2.30. The molecule has 0 aliphatic heterocycles. The minimum Gasteiger partial charge on any atom is -0.325 e. The Morgan fingerprint density at radius 1 is 1.38 bits per heavy atom. The topological polar surface area (TPSA) is 114 Å². The molecule has 0 spiro atoms. The van der Waals surface area contributed by atoms with E-state index in [9.17, 15) is 9.59 Å². The number of carbonyl (C=O) groups is 2. The van der Waals surface area contributed by atoms with Gasteiger partial charge in [0.25, 0.3) is 0 Å². The largest absolute Gasteiger partial charge is 0.325 e. The summed E-state index contributed by atoms with van der Waals surface area (Å²) in [4.78, 5) is 28.6. The number of aromatic nitrogens is 6. The van der Waals surface area contributed by atoms with Gasteiger partial charge in [-0.05, 0) is 12.1 Å². The van der Waals surface area contributed by atoms with E-state index in [-0.39, 0.29) is 5.78 Å². The molecule has 0 bridgehead atoms. The van der Waals surface area contributed by atoms with Gasteiger partial charge in [0, 0.05) is 39.1 Å². The van der Waals surface area contributed by atoms with Crippen molar-refractivity contribution in [1.82, 2.24) is 34.5 Å². The van der Waals surface area contributed by atoms with Crippen LogP contribution in [-0.2, 0) is 20.6 Å². The monoisotopic (exact) mass is 410 g/mol. The minimum atomic E-state index is -0.268. The number of hydrogen-bond donors (Lipinski definition) is 1. The third kappa shape index (κ3) is 3.47. The van der Waals surface area contributed by atoms with Crippen LogP contribution in [0.4, 0.5) is 0 Å². The summed E-state index contributed by atoms with van der Waals surface area (Å²) in [5.41, 5.74) is 2.82. The highest BCUT2D eigenvalue weighted by molar-refractivity contribution is 7.20. The van der Waals surface area contributed by atoms with Crippen molar-refractivity contribution in [3.8, 4) is 0 Å². The van der Waals surface area contributed by atoms with E-state index in [0.717, 1.165) is 16.7 Å². The van der Waals surface area contributed by atoms with Crippen molar-refractivity contribution in [3.63, 3.8) is 0 Å². The number of hydrogen-bond acceptors (Lipinski definition) is 8. The first-order valence-electron chi connectivity index (χ1n) is 8.70. The molecular weight excluding hydrogens is 392 g/mol. The van der Waals surface area contributed by atoms with E-state index < -0.39 is 0 Å². The number of thiazole rings is 1.